The number of carboxylic acids is 1. The van der Waals surface area contributed by atoms with Gasteiger partial charge in [-0.25, -0.2) is 9.59 Å². The number of amides is 2. The summed E-state index contributed by atoms with van der Waals surface area (Å²) in [6.45, 7) is 6.51. The summed E-state index contributed by atoms with van der Waals surface area (Å²) in [7, 11) is 0. The summed E-state index contributed by atoms with van der Waals surface area (Å²) in [4.78, 5) is 25.6. The van der Waals surface area contributed by atoms with Crippen molar-refractivity contribution in [3.05, 3.63) is 58.1 Å². The second-order valence-corrected chi connectivity index (χ2v) is 9.23. The molecule has 2 aromatic carbocycles. The van der Waals surface area contributed by atoms with Crippen LogP contribution in [0.4, 0.5) is 4.79 Å². The maximum Gasteiger partial charge on any atom is 0.333 e. The van der Waals surface area contributed by atoms with E-state index in [9.17, 15) is 14.7 Å². The summed E-state index contributed by atoms with van der Waals surface area (Å²) in [5.41, 5.74) is 0.844. The number of hydrogen-bond donors (Lipinski definition) is 2. The van der Waals surface area contributed by atoms with Crippen LogP contribution < -0.4 is 14.8 Å². The predicted molar refractivity (Wildman–Crippen MR) is 145 cm³/mol. The molecule has 0 aliphatic rings. The van der Waals surface area contributed by atoms with Gasteiger partial charge in [-0.15, -0.1) is 0 Å². The molecular formula is C27H36Cl2N2O6. The lowest BCUT2D eigenvalue weighted by Crippen LogP contribution is -2.42. The van der Waals surface area contributed by atoms with Crippen molar-refractivity contribution in [2.45, 2.75) is 45.6 Å². The normalized spacial score (nSPS) is 11.6. The summed E-state index contributed by atoms with van der Waals surface area (Å²) in [5.74, 6) is 0.282. The monoisotopic (exact) mass is 554 g/mol. The Morgan fingerprint density at radius 1 is 0.946 bits per heavy atom. The number of carbonyl (C=O) groups excluding carboxylic acids is 1. The number of carboxylic acid groups (broad SMARTS) is 1. The molecule has 8 nitrogen and oxygen atoms in total. The second kappa shape index (κ2) is 16.9. The zero-order valence-corrected chi connectivity index (χ0v) is 22.9. The Balaban J connectivity index is 1.80. The zero-order chi connectivity index (χ0) is 27.0. The number of benzene rings is 2. The maximum atomic E-state index is 12.6. The zero-order valence-electron chi connectivity index (χ0n) is 21.4. The largest absolute Gasteiger partial charge is 0.493 e. The molecule has 0 fully saturated rings. The maximum absolute atomic E-state index is 12.6. The van der Waals surface area contributed by atoms with Crippen LogP contribution in [0.25, 0.3) is 0 Å². The molecule has 2 aromatic rings. The van der Waals surface area contributed by atoms with Crippen LogP contribution >= 0.6 is 23.2 Å². The number of carbonyl (C=O) groups is 2. The molecule has 0 aromatic heterocycles. The molecule has 2 rings (SSSR count). The molecular weight excluding hydrogens is 519 g/mol. The molecule has 0 aliphatic carbocycles. The topological polar surface area (TPSA) is 97.3 Å². The van der Waals surface area contributed by atoms with Crippen molar-refractivity contribution in [2.75, 3.05) is 39.5 Å². The van der Waals surface area contributed by atoms with Crippen LogP contribution in [-0.4, -0.2) is 67.6 Å². The average Bonchev–Trinajstić information content (AvgIpc) is 2.86. The van der Waals surface area contributed by atoms with Crippen LogP contribution in [0.15, 0.2) is 42.5 Å². The van der Waals surface area contributed by atoms with Gasteiger partial charge in [-0.3, -0.25) is 0 Å². The summed E-state index contributed by atoms with van der Waals surface area (Å²) in [6, 6.07) is 12.2. The van der Waals surface area contributed by atoms with Crippen LogP contribution in [0.2, 0.25) is 10.0 Å². The third kappa shape index (κ3) is 11.9. The lowest BCUT2D eigenvalue weighted by Gasteiger charge is -2.23. The molecule has 204 valence electrons. The van der Waals surface area contributed by atoms with E-state index in [1.807, 2.05) is 19.1 Å². The number of nitrogens with zero attached hydrogens (tertiary/aromatic N) is 1. The fourth-order valence-corrected chi connectivity index (χ4v) is 4.00. The predicted octanol–water partition coefficient (Wildman–Crippen LogP) is 5.69. The number of ether oxygens (including phenoxy) is 3. The Hall–Kier alpha value is -2.68. The van der Waals surface area contributed by atoms with Crippen molar-refractivity contribution >= 4 is 35.2 Å². The van der Waals surface area contributed by atoms with E-state index < -0.39 is 12.1 Å². The smallest absolute Gasteiger partial charge is 0.333 e. The van der Waals surface area contributed by atoms with Gasteiger partial charge in [-0.05, 0) is 62.1 Å². The highest BCUT2D eigenvalue weighted by molar-refractivity contribution is 6.34. The molecule has 2 N–H and O–H groups in total. The molecule has 1 atom stereocenters. The molecule has 0 saturated heterocycles. The summed E-state index contributed by atoms with van der Waals surface area (Å²) >= 11 is 12.0. The number of unbranched alkanes of at least 4 members (excludes halogenated alkanes) is 1. The number of hydrogen-bond acceptors (Lipinski definition) is 5. The number of nitrogens with one attached hydrogen (secondary N) is 1. The van der Waals surface area contributed by atoms with Crippen LogP contribution in [0.1, 0.15) is 38.7 Å². The minimum absolute atomic E-state index is 0.126. The average molecular weight is 555 g/mol. The molecule has 0 heterocycles. The van der Waals surface area contributed by atoms with E-state index in [1.165, 1.54) is 0 Å². The minimum Gasteiger partial charge on any atom is -0.493 e. The molecule has 0 spiro atoms. The first-order chi connectivity index (χ1) is 17.8. The highest BCUT2D eigenvalue weighted by atomic mass is 35.5. The van der Waals surface area contributed by atoms with E-state index in [2.05, 4.69) is 5.32 Å². The van der Waals surface area contributed by atoms with E-state index in [4.69, 9.17) is 37.4 Å². The first-order valence-electron chi connectivity index (χ1n) is 12.5. The first kappa shape index (κ1) is 30.5. The molecule has 1 unspecified atom stereocenters. The van der Waals surface area contributed by atoms with E-state index in [0.29, 0.717) is 61.0 Å². The fraction of sp³-hybridized carbons (Fsp3) is 0.481. The third-order valence-electron chi connectivity index (χ3n) is 5.36. The minimum atomic E-state index is -0.982. The Morgan fingerprint density at radius 3 is 2.24 bits per heavy atom. The SMILES string of the molecule is CCCNC(=O)N(CCCCOc1cc(Cl)cc(Cl)c1)CCOc1ccc(CC(OCC)C(=O)O)cc1. The van der Waals surface area contributed by atoms with Crippen LogP contribution in [-0.2, 0) is 16.0 Å². The Morgan fingerprint density at radius 2 is 1.62 bits per heavy atom. The van der Waals surface area contributed by atoms with Gasteiger partial charge in [0.1, 0.15) is 18.1 Å². The lowest BCUT2D eigenvalue weighted by atomic mass is 10.1. The van der Waals surface area contributed by atoms with Crippen molar-refractivity contribution in [3.63, 3.8) is 0 Å². The molecule has 0 radical (unpaired) electrons. The van der Waals surface area contributed by atoms with Crippen molar-refractivity contribution < 1.29 is 28.9 Å². The van der Waals surface area contributed by atoms with Gasteiger partial charge in [0.2, 0.25) is 0 Å². The lowest BCUT2D eigenvalue weighted by molar-refractivity contribution is -0.149. The number of urea groups is 1. The molecule has 2 amide bonds. The van der Waals surface area contributed by atoms with Gasteiger partial charge in [0.25, 0.3) is 0 Å². The number of halogens is 2. The van der Waals surface area contributed by atoms with Gasteiger partial charge in [0, 0.05) is 36.2 Å². The van der Waals surface area contributed by atoms with Crippen molar-refractivity contribution in [1.82, 2.24) is 10.2 Å². The van der Waals surface area contributed by atoms with Crippen molar-refractivity contribution in [3.8, 4) is 11.5 Å². The Bertz CT molecular complexity index is 954. The number of rotatable bonds is 17. The highest BCUT2D eigenvalue weighted by Crippen LogP contribution is 2.24. The quantitative estimate of drug-likeness (QED) is 0.244. The third-order valence-corrected chi connectivity index (χ3v) is 5.79. The van der Waals surface area contributed by atoms with Crippen molar-refractivity contribution in [2.24, 2.45) is 0 Å². The highest BCUT2D eigenvalue weighted by Gasteiger charge is 2.18. The van der Waals surface area contributed by atoms with E-state index >= 15 is 0 Å². The molecule has 10 heteroatoms. The molecule has 0 bridgehead atoms. The summed E-state index contributed by atoms with van der Waals surface area (Å²) in [6.07, 6.45) is 1.77. The first-order valence-corrected chi connectivity index (χ1v) is 13.3. The van der Waals surface area contributed by atoms with Crippen LogP contribution in [0, 0.1) is 0 Å². The fourth-order valence-electron chi connectivity index (χ4n) is 3.49. The number of aliphatic carboxylic acids is 1. The molecule has 0 saturated carbocycles. The van der Waals surface area contributed by atoms with Crippen LogP contribution in [0.5, 0.6) is 11.5 Å². The van der Waals surface area contributed by atoms with Gasteiger partial charge in [0.15, 0.2) is 6.10 Å². The van der Waals surface area contributed by atoms with E-state index in [-0.39, 0.29) is 12.5 Å². The van der Waals surface area contributed by atoms with Crippen LogP contribution in [0.3, 0.4) is 0 Å². The Labute approximate surface area is 228 Å². The molecule has 37 heavy (non-hydrogen) atoms. The van der Waals surface area contributed by atoms with E-state index in [1.54, 1.807) is 42.2 Å². The summed E-state index contributed by atoms with van der Waals surface area (Å²) in [5, 5.41) is 13.2. The van der Waals surface area contributed by atoms with Gasteiger partial charge in [-0.2, -0.15) is 0 Å². The summed E-state index contributed by atoms with van der Waals surface area (Å²) < 4.78 is 16.8. The van der Waals surface area contributed by atoms with E-state index in [0.717, 1.165) is 24.8 Å². The van der Waals surface area contributed by atoms with Gasteiger partial charge in [-0.1, -0.05) is 42.3 Å². The second-order valence-electron chi connectivity index (χ2n) is 8.36. The van der Waals surface area contributed by atoms with Crippen molar-refractivity contribution in [1.29, 1.82) is 0 Å². The molecule has 0 aliphatic heterocycles. The standard InChI is InChI=1S/C27H36Cl2N2O6/c1-3-11-30-27(34)31(12-5-6-14-36-24-18-21(28)17-22(29)19-24)13-15-37-23-9-7-20(8-10-23)16-25(26(32)33)35-4-2/h7-10,17-19,25H,3-6,11-16H2,1-2H3,(H,30,34)(H,32,33). The Kier molecular flexibility index (Phi) is 14.0. The van der Waals surface area contributed by atoms with Gasteiger partial charge < -0.3 is 29.5 Å². The van der Waals surface area contributed by atoms with Gasteiger partial charge in [0.05, 0.1) is 13.2 Å². The van der Waals surface area contributed by atoms with Gasteiger partial charge >= 0.3 is 12.0 Å².